The van der Waals surface area contributed by atoms with Gasteiger partial charge in [0.15, 0.2) is 0 Å². The molecule has 1 aliphatic heterocycles. The molecule has 0 aliphatic carbocycles. The lowest BCUT2D eigenvalue weighted by Gasteiger charge is -2.32. The van der Waals surface area contributed by atoms with Gasteiger partial charge in [-0.15, -0.1) is 11.3 Å². The van der Waals surface area contributed by atoms with Gasteiger partial charge in [-0.25, -0.2) is 0 Å². The van der Waals surface area contributed by atoms with Crippen LogP contribution < -0.4 is 5.32 Å². The Kier molecular flexibility index (Phi) is 4.58. The highest BCUT2D eigenvalue weighted by Gasteiger charge is 2.31. The average molecular weight is 280 g/mol. The highest BCUT2D eigenvalue weighted by Crippen LogP contribution is 2.20. The molecule has 2 heterocycles. The first-order valence-electron chi connectivity index (χ1n) is 6.79. The van der Waals surface area contributed by atoms with Crippen molar-refractivity contribution in [2.45, 2.75) is 45.7 Å². The molecular formula is C14H20N2O2S. The Labute approximate surface area is 117 Å². The van der Waals surface area contributed by atoms with Crippen molar-refractivity contribution in [3.63, 3.8) is 0 Å². The minimum absolute atomic E-state index is 0.0490. The summed E-state index contributed by atoms with van der Waals surface area (Å²) < 4.78 is 0. The highest BCUT2D eigenvalue weighted by atomic mass is 32.1. The SMILES string of the molecule is CCCC1NC(=O)CN(Cc2ccc(CC)s2)C1=O. The Bertz CT molecular complexity index is 470. The fourth-order valence-electron chi connectivity index (χ4n) is 2.28. The minimum Gasteiger partial charge on any atom is -0.343 e. The maximum absolute atomic E-state index is 12.3. The van der Waals surface area contributed by atoms with Crippen molar-refractivity contribution >= 4 is 23.2 Å². The maximum atomic E-state index is 12.3. The molecule has 1 fully saturated rings. The van der Waals surface area contributed by atoms with E-state index in [1.807, 2.05) is 6.92 Å². The van der Waals surface area contributed by atoms with Crippen molar-refractivity contribution in [3.05, 3.63) is 21.9 Å². The Hall–Kier alpha value is -1.36. The molecule has 2 amide bonds. The monoisotopic (exact) mass is 280 g/mol. The largest absolute Gasteiger partial charge is 0.343 e. The van der Waals surface area contributed by atoms with Crippen molar-refractivity contribution in [2.24, 2.45) is 0 Å². The zero-order valence-corrected chi connectivity index (χ0v) is 12.3. The number of hydrogen-bond donors (Lipinski definition) is 1. The van der Waals surface area contributed by atoms with Crippen LogP contribution >= 0.6 is 11.3 Å². The summed E-state index contributed by atoms with van der Waals surface area (Å²) in [6.07, 6.45) is 2.62. The number of carbonyl (C=O) groups excluding carboxylic acids is 2. The molecule has 0 aromatic carbocycles. The van der Waals surface area contributed by atoms with Gasteiger partial charge in [0.2, 0.25) is 11.8 Å². The van der Waals surface area contributed by atoms with Crippen LogP contribution in [0.4, 0.5) is 0 Å². The fraction of sp³-hybridized carbons (Fsp3) is 0.571. The van der Waals surface area contributed by atoms with E-state index in [4.69, 9.17) is 0 Å². The second kappa shape index (κ2) is 6.19. The summed E-state index contributed by atoms with van der Waals surface area (Å²) in [6, 6.07) is 3.81. The summed E-state index contributed by atoms with van der Waals surface area (Å²) in [5.41, 5.74) is 0. The fourth-order valence-corrected chi connectivity index (χ4v) is 3.25. The lowest BCUT2D eigenvalue weighted by atomic mass is 10.1. The van der Waals surface area contributed by atoms with Crippen LogP contribution in [0.25, 0.3) is 0 Å². The lowest BCUT2D eigenvalue weighted by molar-refractivity contribution is -0.145. The standard InChI is InChI=1S/C14H20N2O2S/c1-3-5-12-14(18)16(9-13(17)15-12)8-11-7-6-10(4-2)19-11/h6-7,12H,3-5,8-9H2,1-2H3,(H,15,17). The molecule has 5 heteroatoms. The molecule has 1 aliphatic rings. The number of hydrogen-bond acceptors (Lipinski definition) is 3. The maximum Gasteiger partial charge on any atom is 0.245 e. The van der Waals surface area contributed by atoms with E-state index in [1.54, 1.807) is 16.2 Å². The van der Waals surface area contributed by atoms with Crippen LogP contribution in [0.5, 0.6) is 0 Å². The molecule has 0 saturated carbocycles. The number of piperazine rings is 1. The second-order valence-electron chi connectivity index (χ2n) is 4.82. The molecule has 1 aromatic rings. The van der Waals surface area contributed by atoms with Gasteiger partial charge in [0.25, 0.3) is 0 Å². The van der Waals surface area contributed by atoms with Crippen molar-refractivity contribution in [3.8, 4) is 0 Å². The van der Waals surface area contributed by atoms with E-state index < -0.39 is 0 Å². The number of nitrogens with zero attached hydrogens (tertiary/aromatic N) is 1. The summed E-state index contributed by atoms with van der Waals surface area (Å²) in [5, 5.41) is 2.77. The number of nitrogens with one attached hydrogen (secondary N) is 1. The van der Waals surface area contributed by atoms with Crippen LogP contribution in [-0.2, 0) is 22.6 Å². The molecule has 1 atom stereocenters. The van der Waals surface area contributed by atoms with E-state index in [1.165, 1.54) is 4.88 Å². The van der Waals surface area contributed by atoms with Crippen LogP contribution in [-0.4, -0.2) is 29.3 Å². The topological polar surface area (TPSA) is 49.4 Å². The Morgan fingerprint density at radius 2 is 2.05 bits per heavy atom. The molecule has 2 rings (SSSR count). The van der Waals surface area contributed by atoms with Crippen LogP contribution in [0.2, 0.25) is 0 Å². The lowest BCUT2D eigenvalue weighted by Crippen LogP contribution is -2.57. The van der Waals surface area contributed by atoms with Gasteiger partial charge in [0.1, 0.15) is 6.04 Å². The summed E-state index contributed by atoms with van der Waals surface area (Å²) in [4.78, 5) is 28.0. The molecule has 0 bridgehead atoms. The van der Waals surface area contributed by atoms with Gasteiger partial charge in [0, 0.05) is 9.75 Å². The number of rotatable bonds is 5. The molecular weight excluding hydrogens is 260 g/mol. The first-order chi connectivity index (χ1) is 9.13. The summed E-state index contributed by atoms with van der Waals surface area (Å²) >= 11 is 1.72. The predicted molar refractivity (Wildman–Crippen MR) is 76.0 cm³/mol. The molecule has 0 spiro atoms. The molecule has 4 nitrogen and oxygen atoms in total. The first-order valence-corrected chi connectivity index (χ1v) is 7.61. The second-order valence-corrected chi connectivity index (χ2v) is 6.08. The summed E-state index contributed by atoms with van der Waals surface area (Å²) in [6.45, 7) is 4.87. The van der Waals surface area contributed by atoms with Crippen molar-refractivity contribution in [1.82, 2.24) is 10.2 Å². The number of aryl methyl sites for hydroxylation is 1. The Morgan fingerprint density at radius 3 is 2.68 bits per heavy atom. The Balaban J connectivity index is 2.05. The molecule has 1 aromatic heterocycles. The van der Waals surface area contributed by atoms with Crippen LogP contribution in [0.1, 0.15) is 36.4 Å². The normalized spacial score (nSPS) is 19.7. The predicted octanol–water partition coefficient (Wildman–Crippen LogP) is 1.94. The average Bonchev–Trinajstić information content (AvgIpc) is 2.83. The van der Waals surface area contributed by atoms with Crippen molar-refractivity contribution < 1.29 is 9.59 Å². The van der Waals surface area contributed by atoms with Gasteiger partial charge >= 0.3 is 0 Å². The number of carbonyl (C=O) groups is 2. The van der Waals surface area contributed by atoms with Gasteiger partial charge < -0.3 is 10.2 Å². The van der Waals surface area contributed by atoms with Gasteiger partial charge in [-0.05, 0) is 25.0 Å². The minimum atomic E-state index is -0.336. The van der Waals surface area contributed by atoms with E-state index in [-0.39, 0.29) is 24.4 Å². The molecule has 1 saturated heterocycles. The zero-order valence-electron chi connectivity index (χ0n) is 11.4. The van der Waals surface area contributed by atoms with E-state index >= 15 is 0 Å². The molecule has 1 N–H and O–H groups in total. The van der Waals surface area contributed by atoms with Gasteiger partial charge in [-0.3, -0.25) is 9.59 Å². The van der Waals surface area contributed by atoms with Gasteiger partial charge in [0.05, 0.1) is 13.1 Å². The van der Waals surface area contributed by atoms with E-state index in [0.29, 0.717) is 13.0 Å². The smallest absolute Gasteiger partial charge is 0.245 e. The molecule has 104 valence electrons. The third-order valence-corrected chi connectivity index (χ3v) is 4.48. The molecule has 1 unspecified atom stereocenters. The van der Waals surface area contributed by atoms with E-state index in [2.05, 4.69) is 24.4 Å². The van der Waals surface area contributed by atoms with Gasteiger partial charge in [-0.1, -0.05) is 20.3 Å². The highest BCUT2D eigenvalue weighted by molar-refractivity contribution is 7.11. The van der Waals surface area contributed by atoms with Crippen LogP contribution in [0, 0.1) is 0 Å². The molecule has 19 heavy (non-hydrogen) atoms. The first kappa shape index (κ1) is 14.1. The zero-order chi connectivity index (χ0) is 13.8. The van der Waals surface area contributed by atoms with E-state index in [0.717, 1.165) is 17.7 Å². The quantitative estimate of drug-likeness (QED) is 0.896. The van der Waals surface area contributed by atoms with Gasteiger partial charge in [-0.2, -0.15) is 0 Å². The van der Waals surface area contributed by atoms with Crippen LogP contribution in [0.15, 0.2) is 12.1 Å². The third kappa shape index (κ3) is 3.35. The summed E-state index contributed by atoms with van der Waals surface area (Å²) in [5.74, 6) is -0.00165. The number of amides is 2. The molecule has 0 radical (unpaired) electrons. The van der Waals surface area contributed by atoms with Crippen molar-refractivity contribution in [1.29, 1.82) is 0 Å². The third-order valence-electron chi connectivity index (χ3n) is 3.27. The van der Waals surface area contributed by atoms with Crippen molar-refractivity contribution in [2.75, 3.05) is 6.54 Å². The van der Waals surface area contributed by atoms with E-state index in [9.17, 15) is 9.59 Å². The summed E-state index contributed by atoms with van der Waals surface area (Å²) in [7, 11) is 0. The number of thiophene rings is 1. The van der Waals surface area contributed by atoms with Crippen LogP contribution in [0.3, 0.4) is 0 Å². The Morgan fingerprint density at radius 1 is 1.32 bits per heavy atom.